The van der Waals surface area contributed by atoms with E-state index in [1.807, 2.05) is 0 Å². The Kier molecular flexibility index (Phi) is 3.15. The van der Waals surface area contributed by atoms with E-state index in [0.717, 1.165) is 0 Å². The molecule has 0 N–H and O–H groups in total. The molecule has 76 valence electrons. The Morgan fingerprint density at radius 1 is 1.21 bits per heavy atom. The number of hydrogen-bond donors (Lipinski definition) is 0. The van der Waals surface area contributed by atoms with Crippen molar-refractivity contribution in [3.63, 3.8) is 0 Å². The van der Waals surface area contributed by atoms with Gasteiger partial charge in [0, 0.05) is 4.47 Å². The highest BCUT2D eigenvalue weighted by atomic mass is 79.9. The normalized spacial score (nSPS) is 11.1. The Hall–Kier alpha value is -1.04. The lowest BCUT2D eigenvalue weighted by Crippen LogP contribution is -2.27. The third-order valence-electron chi connectivity index (χ3n) is 1.26. The Morgan fingerprint density at radius 3 is 2.14 bits per heavy atom. The van der Waals surface area contributed by atoms with Gasteiger partial charge in [-0.05, 0) is 24.3 Å². The summed E-state index contributed by atoms with van der Waals surface area (Å²) in [5.74, 6) is -2.37. The van der Waals surface area contributed by atoms with E-state index in [-0.39, 0.29) is 5.75 Å². The zero-order chi connectivity index (χ0) is 10.8. The van der Waals surface area contributed by atoms with Crippen LogP contribution in [0.2, 0.25) is 0 Å². The van der Waals surface area contributed by atoms with Crippen LogP contribution >= 0.6 is 15.9 Å². The summed E-state index contributed by atoms with van der Waals surface area (Å²) in [6.07, 6.45) is -4.97. The van der Waals surface area contributed by atoms with Gasteiger partial charge in [-0.1, -0.05) is 15.9 Å². The predicted molar refractivity (Wildman–Crippen MR) is 45.8 cm³/mol. The van der Waals surface area contributed by atoms with E-state index >= 15 is 0 Å². The predicted octanol–water partition coefficient (Wildman–Crippen LogP) is 2.92. The zero-order valence-electron chi connectivity index (χ0n) is 6.64. The standard InChI is InChI=1S/C8H4BrF3O2/c9-5-1-3-6(4-2-5)14-7(13)8(10,11)12/h1-4H. The van der Waals surface area contributed by atoms with E-state index in [1.165, 1.54) is 24.3 Å². The fourth-order valence-electron chi connectivity index (χ4n) is 0.668. The maximum atomic E-state index is 11.7. The van der Waals surface area contributed by atoms with E-state index in [0.29, 0.717) is 4.47 Å². The number of esters is 1. The van der Waals surface area contributed by atoms with Gasteiger partial charge in [-0.2, -0.15) is 13.2 Å². The minimum Gasteiger partial charge on any atom is -0.420 e. The van der Waals surface area contributed by atoms with Crippen LogP contribution in [-0.2, 0) is 4.79 Å². The van der Waals surface area contributed by atoms with Crippen LogP contribution in [0.15, 0.2) is 28.7 Å². The third-order valence-corrected chi connectivity index (χ3v) is 1.78. The number of alkyl halides is 3. The van der Waals surface area contributed by atoms with Crippen LogP contribution in [0.3, 0.4) is 0 Å². The molecule has 0 atom stereocenters. The number of carbonyl (C=O) groups excluding carboxylic acids is 1. The van der Waals surface area contributed by atoms with E-state index in [2.05, 4.69) is 20.7 Å². The lowest BCUT2D eigenvalue weighted by molar-refractivity contribution is -0.189. The molecule has 0 aliphatic carbocycles. The summed E-state index contributed by atoms with van der Waals surface area (Å²) < 4.78 is 39.9. The van der Waals surface area contributed by atoms with Gasteiger partial charge in [0.25, 0.3) is 0 Å². The average molecular weight is 269 g/mol. The maximum Gasteiger partial charge on any atom is 0.491 e. The summed E-state index contributed by atoms with van der Waals surface area (Å²) >= 11 is 3.09. The number of benzene rings is 1. The van der Waals surface area contributed by atoms with Gasteiger partial charge in [-0.15, -0.1) is 0 Å². The highest BCUT2D eigenvalue weighted by Crippen LogP contribution is 2.21. The molecular weight excluding hydrogens is 265 g/mol. The summed E-state index contributed by atoms with van der Waals surface area (Å²) in [7, 11) is 0. The molecule has 0 heterocycles. The molecule has 0 saturated heterocycles. The van der Waals surface area contributed by atoms with Crippen LogP contribution in [0.1, 0.15) is 0 Å². The molecule has 1 rings (SSSR count). The van der Waals surface area contributed by atoms with E-state index in [1.54, 1.807) is 0 Å². The molecule has 0 bridgehead atoms. The number of rotatable bonds is 1. The Labute approximate surface area is 85.8 Å². The molecule has 0 amide bonds. The Morgan fingerprint density at radius 2 is 1.71 bits per heavy atom. The molecule has 0 fully saturated rings. The van der Waals surface area contributed by atoms with Gasteiger partial charge < -0.3 is 4.74 Å². The van der Waals surface area contributed by atoms with Gasteiger partial charge in [0.05, 0.1) is 0 Å². The fraction of sp³-hybridized carbons (Fsp3) is 0.125. The van der Waals surface area contributed by atoms with Crippen molar-refractivity contribution < 1.29 is 22.7 Å². The van der Waals surface area contributed by atoms with Crippen molar-refractivity contribution >= 4 is 21.9 Å². The van der Waals surface area contributed by atoms with Crippen molar-refractivity contribution in [1.29, 1.82) is 0 Å². The first-order chi connectivity index (χ1) is 6.39. The lowest BCUT2D eigenvalue weighted by atomic mass is 10.3. The van der Waals surface area contributed by atoms with Gasteiger partial charge in [-0.3, -0.25) is 0 Å². The van der Waals surface area contributed by atoms with E-state index < -0.39 is 12.1 Å². The number of halogens is 4. The molecule has 14 heavy (non-hydrogen) atoms. The summed E-state index contributed by atoms with van der Waals surface area (Å²) in [5.41, 5.74) is 0. The Balaban J connectivity index is 2.71. The molecule has 0 aliphatic rings. The molecule has 1 aromatic rings. The van der Waals surface area contributed by atoms with E-state index in [9.17, 15) is 18.0 Å². The highest BCUT2D eigenvalue weighted by Gasteiger charge is 2.41. The van der Waals surface area contributed by atoms with Crippen LogP contribution < -0.4 is 4.74 Å². The quantitative estimate of drug-likeness (QED) is 0.578. The van der Waals surface area contributed by atoms with Gasteiger partial charge in [0.2, 0.25) is 0 Å². The second-order valence-corrected chi connectivity index (χ2v) is 3.26. The third kappa shape index (κ3) is 3.02. The van der Waals surface area contributed by atoms with Crippen molar-refractivity contribution in [2.45, 2.75) is 6.18 Å². The largest absolute Gasteiger partial charge is 0.491 e. The molecule has 0 spiro atoms. The minimum absolute atomic E-state index is 0.143. The van der Waals surface area contributed by atoms with Gasteiger partial charge in [0.15, 0.2) is 0 Å². The summed E-state index contributed by atoms with van der Waals surface area (Å²) in [6.45, 7) is 0. The molecule has 0 saturated carbocycles. The van der Waals surface area contributed by atoms with Crippen LogP contribution in [0.25, 0.3) is 0 Å². The summed E-state index contributed by atoms with van der Waals surface area (Å²) in [5, 5.41) is 0. The van der Waals surface area contributed by atoms with Crippen LogP contribution in [0.4, 0.5) is 13.2 Å². The SMILES string of the molecule is O=C(Oc1ccc(Br)cc1)C(F)(F)F. The molecule has 6 heteroatoms. The summed E-state index contributed by atoms with van der Waals surface area (Å²) in [6, 6.07) is 5.46. The smallest absolute Gasteiger partial charge is 0.420 e. The van der Waals surface area contributed by atoms with Gasteiger partial charge in [-0.25, -0.2) is 4.79 Å². The van der Waals surface area contributed by atoms with Crippen LogP contribution in [-0.4, -0.2) is 12.1 Å². The second-order valence-electron chi connectivity index (χ2n) is 2.34. The zero-order valence-corrected chi connectivity index (χ0v) is 8.22. The molecule has 2 nitrogen and oxygen atoms in total. The maximum absolute atomic E-state index is 11.7. The molecule has 0 aliphatic heterocycles. The number of hydrogen-bond acceptors (Lipinski definition) is 2. The molecule has 0 radical (unpaired) electrons. The first kappa shape index (κ1) is 11.0. The van der Waals surface area contributed by atoms with E-state index in [4.69, 9.17) is 0 Å². The molecule has 1 aromatic carbocycles. The average Bonchev–Trinajstić information content (AvgIpc) is 2.07. The first-order valence-corrected chi connectivity index (χ1v) is 4.23. The van der Waals surface area contributed by atoms with Crippen molar-refractivity contribution in [2.75, 3.05) is 0 Å². The topological polar surface area (TPSA) is 26.3 Å². The van der Waals surface area contributed by atoms with Crippen molar-refractivity contribution in [2.24, 2.45) is 0 Å². The molecular formula is C8H4BrF3O2. The Bertz CT molecular complexity index is 331. The molecule has 0 aromatic heterocycles. The highest BCUT2D eigenvalue weighted by molar-refractivity contribution is 9.10. The monoisotopic (exact) mass is 268 g/mol. The van der Waals surface area contributed by atoms with Gasteiger partial charge in [0.1, 0.15) is 5.75 Å². The van der Waals surface area contributed by atoms with Crippen molar-refractivity contribution in [3.8, 4) is 5.75 Å². The van der Waals surface area contributed by atoms with Gasteiger partial charge >= 0.3 is 12.1 Å². The van der Waals surface area contributed by atoms with Crippen molar-refractivity contribution in [3.05, 3.63) is 28.7 Å². The fourth-order valence-corrected chi connectivity index (χ4v) is 0.932. The number of ether oxygens (including phenoxy) is 1. The first-order valence-electron chi connectivity index (χ1n) is 3.44. The minimum atomic E-state index is -4.97. The molecule has 0 unspecified atom stereocenters. The van der Waals surface area contributed by atoms with Crippen LogP contribution in [0.5, 0.6) is 5.75 Å². The second kappa shape index (κ2) is 4.00. The summed E-state index contributed by atoms with van der Waals surface area (Å²) in [4.78, 5) is 10.4. The van der Waals surface area contributed by atoms with Crippen molar-refractivity contribution in [1.82, 2.24) is 0 Å². The lowest BCUT2D eigenvalue weighted by Gasteiger charge is -2.06. The van der Waals surface area contributed by atoms with Crippen LogP contribution in [0, 0.1) is 0 Å². The number of carbonyl (C=O) groups is 1.